The van der Waals surface area contributed by atoms with Crippen LogP contribution in [0.1, 0.15) is 11.1 Å². The number of nitrogens with zero attached hydrogens (tertiary/aromatic N) is 2. The van der Waals surface area contributed by atoms with Gasteiger partial charge in [-0.25, -0.2) is 14.2 Å². The molecule has 0 unspecified atom stereocenters. The van der Waals surface area contributed by atoms with E-state index in [9.17, 15) is 9.18 Å². The van der Waals surface area contributed by atoms with E-state index >= 15 is 0 Å². The molecule has 0 spiro atoms. The van der Waals surface area contributed by atoms with Gasteiger partial charge in [0.05, 0.1) is 0 Å². The third kappa shape index (κ3) is 4.14. The Morgan fingerprint density at radius 2 is 2.10 bits per heavy atom. The zero-order valence-corrected chi connectivity index (χ0v) is 11.5. The van der Waals surface area contributed by atoms with Gasteiger partial charge < -0.3 is 10.0 Å². The number of anilines is 1. The van der Waals surface area contributed by atoms with Crippen LogP contribution in [-0.2, 0) is 11.3 Å². The Kier molecular flexibility index (Phi) is 4.66. The van der Waals surface area contributed by atoms with Gasteiger partial charge in [-0.2, -0.15) is 0 Å². The molecule has 5 heteroatoms. The van der Waals surface area contributed by atoms with E-state index in [1.165, 1.54) is 12.1 Å². The number of carbonyl (C=O) groups is 1. The minimum Gasteiger partial charge on any atom is -0.478 e. The van der Waals surface area contributed by atoms with Crippen molar-refractivity contribution in [1.29, 1.82) is 0 Å². The molecule has 4 nitrogen and oxygen atoms in total. The Bertz CT molecular complexity index is 654. The summed E-state index contributed by atoms with van der Waals surface area (Å²) in [5.74, 6) is -0.563. The standard InChI is InChI=1S/C16H15FN2O2/c1-19(11-13-4-2-3-5-14(13)17)15-8-6-12(10-18-15)7-9-16(20)21/h2-10H,11H2,1H3,(H,20,21)/b9-7+. The van der Waals surface area contributed by atoms with E-state index in [-0.39, 0.29) is 5.82 Å². The highest BCUT2D eigenvalue weighted by Gasteiger charge is 2.06. The molecule has 0 amide bonds. The average Bonchev–Trinajstić information content (AvgIpc) is 2.48. The van der Waals surface area contributed by atoms with Gasteiger partial charge in [0, 0.05) is 31.4 Å². The molecule has 1 N–H and O–H groups in total. The van der Waals surface area contributed by atoms with E-state index in [4.69, 9.17) is 5.11 Å². The van der Waals surface area contributed by atoms with E-state index in [0.29, 0.717) is 23.5 Å². The maximum absolute atomic E-state index is 13.6. The van der Waals surface area contributed by atoms with E-state index < -0.39 is 5.97 Å². The van der Waals surface area contributed by atoms with Crippen LogP contribution >= 0.6 is 0 Å². The molecule has 1 aromatic carbocycles. The number of rotatable bonds is 5. The van der Waals surface area contributed by atoms with Crippen LogP contribution in [0.25, 0.3) is 6.08 Å². The van der Waals surface area contributed by atoms with Gasteiger partial charge in [-0.05, 0) is 29.8 Å². The van der Waals surface area contributed by atoms with Crippen LogP contribution in [-0.4, -0.2) is 23.1 Å². The van der Waals surface area contributed by atoms with Gasteiger partial charge in [0.25, 0.3) is 0 Å². The van der Waals surface area contributed by atoms with Crippen molar-refractivity contribution in [3.63, 3.8) is 0 Å². The number of hydrogen-bond acceptors (Lipinski definition) is 3. The highest BCUT2D eigenvalue weighted by Crippen LogP contribution is 2.15. The van der Waals surface area contributed by atoms with Crippen LogP contribution in [0.15, 0.2) is 48.7 Å². The van der Waals surface area contributed by atoms with Crippen LogP contribution < -0.4 is 4.90 Å². The van der Waals surface area contributed by atoms with Gasteiger partial charge in [-0.3, -0.25) is 0 Å². The number of carboxylic acid groups (broad SMARTS) is 1. The summed E-state index contributed by atoms with van der Waals surface area (Å²) in [6, 6.07) is 10.1. The molecule has 1 aromatic heterocycles. The van der Waals surface area contributed by atoms with Crippen molar-refractivity contribution in [2.75, 3.05) is 11.9 Å². The van der Waals surface area contributed by atoms with E-state index in [0.717, 1.165) is 6.08 Å². The normalized spacial score (nSPS) is 10.8. The summed E-state index contributed by atoms with van der Waals surface area (Å²) < 4.78 is 13.6. The lowest BCUT2D eigenvalue weighted by Gasteiger charge is -2.18. The maximum Gasteiger partial charge on any atom is 0.328 e. The summed E-state index contributed by atoms with van der Waals surface area (Å²) in [5.41, 5.74) is 1.29. The van der Waals surface area contributed by atoms with Gasteiger partial charge in [-0.1, -0.05) is 18.2 Å². The molecule has 21 heavy (non-hydrogen) atoms. The van der Waals surface area contributed by atoms with Gasteiger partial charge in [0.1, 0.15) is 11.6 Å². The van der Waals surface area contributed by atoms with Crippen molar-refractivity contribution in [2.45, 2.75) is 6.54 Å². The van der Waals surface area contributed by atoms with Crippen LogP contribution in [0, 0.1) is 5.82 Å². The third-order valence-electron chi connectivity index (χ3n) is 2.95. The molecule has 0 radical (unpaired) electrons. The second-order valence-corrected chi connectivity index (χ2v) is 4.57. The number of aromatic nitrogens is 1. The zero-order valence-electron chi connectivity index (χ0n) is 11.5. The first-order chi connectivity index (χ1) is 10.1. The number of benzene rings is 1. The lowest BCUT2D eigenvalue weighted by molar-refractivity contribution is -0.131. The molecular formula is C16H15FN2O2. The number of pyridine rings is 1. The second kappa shape index (κ2) is 6.65. The molecule has 0 fully saturated rings. The highest BCUT2D eigenvalue weighted by atomic mass is 19.1. The Morgan fingerprint density at radius 1 is 1.33 bits per heavy atom. The molecule has 0 atom stereocenters. The van der Waals surface area contributed by atoms with Crippen molar-refractivity contribution < 1.29 is 14.3 Å². The first-order valence-electron chi connectivity index (χ1n) is 6.38. The lowest BCUT2D eigenvalue weighted by Crippen LogP contribution is -2.18. The molecule has 0 aliphatic carbocycles. The number of halogens is 1. The molecule has 0 saturated carbocycles. The second-order valence-electron chi connectivity index (χ2n) is 4.57. The Morgan fingerprint density at radius 3 is 2.71 bits per heavy atom. The SMILES string of the molecule is CN(Cc1ccccc1F)c1ccc(/C=C/C(=O)O)cn1. The number of hydrogen-bond donors (Lipinski definition) is 1. The number of aliphatic carboxylic acids is 1. The highest BCUT2D eigenvalue weighted by molar-refractivity contribution is 5.85. The quantitative estimate of drug-likeness (QED) is 0.859. The fourth-order valence-electron chi connectivity index (χ4n) is 1.85. The summed E-state index contributed by atoms with van der Waals surface area (Å²) in [5, 5.41) is 8.56. The van der Waals surface area contributed by atoms with Crippen LogP contribution in [0.4, 0.5) is 10.2 Å². The minimum absolute atomic E-state index is 0.245. The molecule has 0 aliphatic rings. The summed E-state index contributed by atoms with van der Waals surface area (Å²) in [6.45, 7) is 0.407. The average molecular weight is 286 g/mol. The summed E-state index contributed by atoms with van der Waals surface area (Å²) in [7, 11) is 1.82. The molecule has 2 aromatic rings. The first kappa shape index (κ1) is 14.7. The fourth-order valence-corrected chi connectivity index (χ4v) is 1.85. The molecular weight excluding hydrogens is 271 g/mol. The van der Waals surface area contributed by atoms with Gasteiger partial charge in [0.2, 0.25) is 0 Å². The molecule has 0 saturated heterocycles. The van der Waals surface area contributed by atoms with Crippen LogP contribution in [0.2, 0.25) is 0 Å². The maximum atomic E-state index is 13.6. The molecule has 2 rings (SSSR count). The Hall–Kier alpha value is -2.69. The smallest absolute Gasteiger partial charge is 0.328 e. The van der Waals surface area contributed by atoms with E-state index in [2.05, 4.69) is 4.98 Å². The monoisotopic (exact) mass is 286 g/mol. The summed E-state index contributed by atoms with van der Waals surface area (Å²) >= 11 is 0. The predicted octanol–water partition coefficient (Wildman–Crippen LogP) is 2.95. The van der Waals surface area contributed by atoms with Gasteiger partial charge in [0.15, 0.2) is 0 Å². The number of carboxylic acids is 1. The van der Waals surface area contributed by atoms with E-state index in [1.54, 1.807) is 36.5 Å². The molecule has 0 aliphatic heterocycles. The topological polar surface area (TPSA) is 53.4 Å². The largest absolute Gasteiger partial charge is 0.478 e. The fraction of sp³-hybridized carbons (Fsp3) is 0.125. The van der Waals surface area contributed by atoms with Gasteiger partial charge >= 0.3 is 5.97 Å². The molecule has 1 heterocycles. The molecule has 0 bridgehead atoms. The lowest BCUT2D eigenvalue weighted by atomic mass is 10.2. The molecule has 108 valence electrons. The van der Waals surface area contributed by atoms with E-state index in [1.807, 2.05) is 11.9 Å². The van der Waals surface area contributed by atoms with Crippen LogP contribution in [0.3, 0.4) is 0 Å². The Labute approximate surface area is 122 Å². The van der Waals surface area contributed by atoms with Crippen LogP contribution in [0.5, 0.6) is 0 Å². The minimum atomic E-state index is -1.00. The Balaban J connectivity index is 2.08. The third-order valence-corrected chi connectivity index (χ3v) is 2.95. The summed E-state index contributed by atoms with van der Waals surface area (Å²) in [6.07, 6.45) is 4.10. The van der Waals surface area contributed by atoms with Crippen molar-refractivity contribution in [3.05, 3.63) is 65.6 Å². The van der Waals surface area contributed by atoms with Gasteiger partial charge in [-0.15, -0.1) is 0 Å². The summed E-state index contributed by atoms with van der Waals surface area (Å²) in [4.78, 5) is 16.5. The zero-order chi connectivity index (χ0) is 15.2. The van der Waals surface area contributed by atoms with Crippen molar-refractivity contribution >= 4 is 17.9 Å². The van der Waals surface area contributed by atoms with Crippen molar-refractivity contribution in [1.82, 2.24) is 4.98 Å². The van der Waals surface area contributed by atoms with Crippen molar-refractivity contribution in [2.24, 2.45) is 0 Å². The van der Waals surface area contributed by atoms with Crippen molar-refractivity contribution in [3.8, 4) is 0 Å². The predicted molar refractivity (Wildman–Crippen MR) is 79.4 cm³/mol. The first-order valence-corrected chi connectivity index (χ1v) is 6.38.